The largest absolute Gasteiger partial charge is 0.298 e. The lowest BCUT2D eigenvalue weighted by molar-refractivity contribution is 0.102. The van der Waals surface area contributed by atoms with Crippen LogP contribution in [0.1, 0.15) is 26.5 Å². The van der Waals surface area contributed by atoms with Gasteiger partial charge in [0.25, 0.3) is 5.91 Å². The fourth-order valence-electron chi connectivity index (χ4n) is 3.09. The molecule has 1 amide bonds. The third kappa shape index (κ3) is 3.97. The Kier molecular flexibility index (Phi) is 5.33. The van der Waals surface area contributed by atoms with Gasteiger partial charge in [-0.3, -0.25) is 15.0 Å². The molecule has 0 saturated carbocycles. The van der Waals surface area contributed by atoms with Crippen molar-refractivity contribution in [1.29, 1.82) is 0 Å². The number of anilines is 1. The Balaban J connectivity index is 1.44. The fraction of sp³-hybridized carbons (Fsp3) is 0.200. The summed E-state index contributed by atoms with van der Waals surface area (Å²) in [5.41, 5.74) is 3.14. The summed E-state index contributed by atoms with van der Waals surface area (Å²) in [6.45, 7) is 2.83. The molecule has 0 bridgehead atoms. The lowest BCUT2D eigenvalue weighted by Gasteiger charge is -2.25. The Morgan fingerprint density at radius 3 is 2.73 bits per heavy atom. The van der Waals surface area contributed by atoms with Crippen molar-refractivity contribution in [3.05, 3.63) is 79.9 Å². The van der Waals surface area contributed by atoms with Crippen molar-refractivity contribution in [3.63, 3.8) is 0 Å². The first-order valence-electron chi connectivity index (χ1n) is 8.50. The molecule has 0 radical (unpaired) electrons. The van der Waals surface area contributed by atoms with Crippen molar-refractivity contribution in [1.82, 2.24) is 9.88 Å². The van der Waals surface area contributed by atoms with E-state index in [1.54, 1.807) is 11.3 Å². The third-order valence-electron chi connectivity index (χ3n) is 4.40. The van der Waals surface area contributed by atoms with Crippen molar-refractivity contribution in [3.8, 4) is 0 Å². The molecule has 0 aliphatic carbocycles. The van der Waals surface area contributed by atoms with Gasteiger partial charge in [0.2, 0.25) is 0 Å². The Morgan fingerprint density at radius 1 is 1.15 bits per heavy atom. The van der Waals surface area contributed by atoms with Gasteiger partial charge in [-0.1, -0.05) is 42.5 Å². The zero-order chi connectivity index (χ0) is 17.9. The van der Waals surface area contributed by atoms with E-state index in [0.29, 0.717) is 10.7 Å². The summed E-state index contributed by atoms with van der Waals surface area (Å²) < 4.78 is 0.943. The van der Waals surface area contributed by atoms with Crippen LogP contribution >= 0.6 is 33.9 Å². The average molecular weight is 475 g/mol. The molecule has 4 rings (SSSR count). The number of fused-ring (bicyclic) bond motifs is 1. The van der Waals surface area contributed by atoms with Crippen LogP contribution in [0.5, 0.6) is 0 Å². The number of nitrogens with zero attached hydrogens (tertiary/aromatic N) is 2. The van der Waals surface area contributed by atoms with Crippen molar-refractivity contribution in [2.24, 2.45) is 0 Å². The van der Waals surface area contributed by atoms with Gasteiger partial charge in [-0.15, -0.1) is 11.3 Å². The summed E-state index contributed by atoms with van der Waals surface area (Å²) in [5, 5.41) is 3.66. The topological polar surface area (TPSA) is 45.2 Å². The van der Waals surface area contributed by atoms with Crippen LogP contribution in [0.2, 0.25) is 0 Å². The molecule has 1 aliphatic rings. The van der Waals surface area contributed by atoms with Crippen LogP contribution in [0.15, 0.2) is 54.6 Å². The van der Waals surface area contributed by atoms with Crippen LogP contribution in [0, 0.1) is 3.57 Å². The molecule has 0 spiro atoms. The number of carbonyl (C=O) groups is 1. The van der Waals surface area contributed by atoms with Crippen LogP contribution in [0.25, 0.3) is 0 Å². The van der Waals surface area contributed by atoms with Gasteiger partial charge < -0.3 is 0 Å². The third-order valence-corrected chi connectivity index (χ3v) is 6.34. The Bertz CT molecular complexity index is 926. The van der Waals surface area contributed by atoms with Gasteiger partial charge in [0.15, 0.2) is 5.13 Å². The van der Waals surface area contributed by atoms with E-state index in [-0.39, 0.29) is 5.91 Å². The maximum Gasteiger partial charge on any atom is 0.258 e. The smallest absolute Gasteiger partial charge is 0.258 e. The molecule has 132 valence electrons. The second-order valence-electron chi connectivity index (χ2n) is 6.27. The molecular weight excluding hydrogens is 457 g/mol. The summed E-state index contributed by atoms with van der Waals surface area (Å²) in [6.07, 6.45) is 0.928. The molecule has 1 aromatic heterocycles. The summed E-state index contributed by atoms with van der Waals surface area (Å²) in [5.74, 6) is -0.0951. The first kappa shape index (κ1) is 17.6. The zero-order valence-corrected chi connectivity index (χ0v) is 17.1. The van der Waals surface area contributed by atoms with Crippen LogP contribution in [-0.2, 0) is 19.5 Å². The van der Waals surface area contributed by atoms with E-state index in [4.69, 9.17) is 0 Å². The van der Waals surface area contributed by atoms with Gasteiger partial charge in [0, 0.05) is 34.5 Å². The average Bonchev–Trinajstić information content (AvgIpc) is 3.04. The molecule has 3 aromatic rings. The molecule has 6 heteroatoms. The van der Waals surface area contributed by atoms with Crippen molar-refractivity contribution in [2.75, 3.05) is 11.9 Å². The number of aromatic nitrogens is 1. The van der Waals surface area contributed by atoms with Gasteiger partial charge in [-0.2, -0.15) is 0 Å². The highest BCUT2D eigenvalue weighted by molar-refractivity contribution is 14.1. The summed E-state index contributed by atoms with van der Waals surface area (Å²) in [6, 6.07) is 18.1. The maximum atomic E-state index is 12.5. The molecule has 0 unspecified atom stereocenters. The number of thiazole rings is 1. The molecule has 0 atom stereocenters. The van der Waals surface area contributed by atoms with Crippen LogP contribution in [0.4, 0.5) is 5.13 Å². The standard InChI is InChI=1S/C20H18IN3OS/c21-16-9-5-4-8-15(16)19(25)23-20-22-17-10-11-24(13-18(17)26-20)12-14-6-2-1-3-7-14/h1-9H,10-13H2,(H,22,23,25). The SMILES string of the molecule is O=C(Nc1nc2c(s1)CN(Cc1ccccc1)CC2)c1ccccc1I. The molecule has 1 aliphatic heterocycles. The quantitative estimate of drug-likeness (QED) is 0.563. The first-order chi connectivity index (χ1) is 12.7. The number of nitrogens with one attached hydrogen (secondary N) is 1. The summed E-state index contributed by atoms with van der Waals surface area (Å²) in [7, 11) is 0. The van der Waals surface area contributed by atoms with Crippen molar-refractivity contribution >= 4 is 45.0 Å². The predicted molar refractivity (Wildman–Crippen MR) is 113 cm³/mol. The van der Waals surface area contributed by atoms with Crippen molar-refractivity contribution in [2.45, 2.75) is 19.5 Å². The van der Waals surface area contributed by atoms with Gasteiger partial charge >= 0.3 is 0 Å². The number of rotatable bonds is 4. The Hall–Kier alpha value is -1.77. The van der Waals surface area contributed by atoms with E-state index in [1.807, 2.05) is 30.3 Å². The van der Waals surface area contributed by atoms with Crippen LogP contribution < -0.4 is 5.32 Å². The number of halogens is 1. The minimum absolute atomic E-state index is 0.0951. The Morgan fingerprint density at radius 2 is 1.92 bits per heavy atom. The molecule has 0 saturated heterocycles. The van der Waals surface area contributed by atoms with E-state index in [2.05, 4.69) is 62.1 Å². The van der Waals surface area contributed by atoms with E-state index < -0.39 is 0 Å². The highest BCUT2D eigenvalue weighted by Gasteiger charge is 2.22. The zero-order valence-electron chi connectivity index (χ0n) is 14.1. The number of hydrogen-bond acceptors (Lipinski definition) is 4. The Labute approximate surface area is 170 Å². The fourth-order valence-corrected chi connectivity index (χ4v) is 4.77. The number of amides is 1. The lowest BCUT2D eigenvalue weighted by atomic mass is 10.1. The first-order valence-corrected chi connectivity index (χ1v) is 10.4. The second kappa shape index (κ2) is 7.85. The monoisotopic (exact) mass is 475 g/mol. The van der Waals surface area contributed by atoms with Crippen LogP contribution in [-0.4, -0.2) is 22.3 Å². The van der Waals surface area contributed by atoms with Gasteiger partial charge in [0.05, 0.1) is 11.3 Å². The minimum atomic E-state index is -0.0951. The van der Waals surface area contributed by atoms with Crippen molar-refractivity contribution < 1.29 is 4.79 Å². The normalized spacial score (nSPS) is 14.0. The summed E-state index contributed by atoms with van der Waals surface area (Å²) in [4.78, 5) is 20.8. The molecular formula is C20H18IN3OS. The molecule has 1 N–H and O–H groups in total. The molecule has 4 nitrogen and oxygen atoms in total. The maximum absolute atomic E-state index is 12.5. The molecule has 0 fully saturated rings. The minimum Gasteiger partial charge on any atom is -0.298 e. The molecule has 2 heterocycles. The number of carbonyl (C=O) groups excluding carboxylic acids is 1. The van der Waals surface area contributed by atoms with E-state index in [0.717, 1.165) is 35.3 Å². The van der Waals surface area contributed by atoms with E-state index >= 15 is 0 Å². The molecule has 26 heavy (non-hydrogen) atoms. The van der Waals surface area contributed by atoms with Gasteiger partial charge in [0.1, 0.15) is 0 Å². The summed E-state index contributed by atoms with van der Waals surface area (Å²) >= 11 is 3.77. The van der Waals surface area contributed by atoms with E-state index in [9.17, 15) is 4.79 Å². The van der Waals surface area contributed by atoms with Crippen LogP contribution in [0.3, 0.4) is 0 Å². The highest BCUT2D eigenvalue weighted by Crippen LogP contribution is 2.29. The second-order valence-corrected chi connectivity index (χ2v) is 8.51. The number of benzene rings is 2. The van der Waals surface area contributed by atoms with Gasteiger partial charge in [-0.25, -0.2) is 4.98 Å². The lowest BCUT2D eigenvalue weighted by Crippen LogP contribution is -2.29. The molecule has 2 aromatic carbocycles. The highest BCUT2D eigenvalue weighted by atomic mass is 127. The van der Waals surface area contributed by atoms with E-state index in [1.165, 1.54) is 10.4 Å². The predicted octanol–water partition coefficient (Wildman–Crippen LogP) is 4.56. The number of hydrogen-bond donors (Lipinski definition) is 1. The van der Waals surface area contributed by atoms with Gasteiger partial charge in [-0.05, 0) is 40.3 Å².